The first-order valence-corrected chi connectivity index (χ1v) is 9.03. The third-order valence-electron chi connectivity index (χ3n) is 6.42. The maximum Gasteiger partial charge on any atom is 0.269 e. The van der Waals surface area contributed by atoms with Crippen molar-refractivity contribution >= 4 is 29.1 Å². The van der Waals surface area contributed by atoms with Crippen molar-refractivity contribution in [2.75, 3.05) is 11.9 Å². The Morgan fingerprint density at radius 2 is 1.63 bits per heavy atom. The SMILES string of the molecule is O=C(CN1C(=O)[C@@H]2[C@H]3C=C[C@@H]([C@@H]4C[C@@H]34)[C@H]2C1=O)Nc1ccc([N+](=O)[O-])cc1. The Hall–Kier alpha value is -3.03. The van der Waals surface area contributed by atoms with Crippen molar-refractivity contribution in [3.05, 3.63) is 46.5 Å². The van der Waals surface area contributed by atoms with E-state index in [1.54, 1.807) is 0 Å². The van der Waals surface area contributed by atoms with Gasteiger partial charge < -0.3 is 5.32 Å². The van der Waals surface area contributed by atoms with Gasteiger partial charge >= 0.3 is 0 Å². The molecule has 6 atom stereocenters. The topological polar surface area (TPSA) is 110 Å². The Morgan fingerprint density at radius 1 is 1.07 bits per heavy atom. The average Bonchev–Trinajstić information content (AvgIpc) is 3.43. The standard InChI is InChI=1S/C19H17N3O5/c23-15(20-9-1-3-10(4-2-9)22(26)27)8-21-18(24)16-11-5-6-12(14-7-13(11)14)17(16)19(21)25/h1-6,11-14,16-17H,7-8H2,(H,20,23)/t11-,12-,13-,14-,16+,17+/m0/s1. The summed E-state index contributed by atoms with van der Waals surface area (Å²) in [6, 6.07) is 5.40. The number of benzene rings is 1. The molecule has 8 heteroatoms. The molecule has 0 aromatic heterocycles. The van der Waals surface area contributed by atoms with Gasteiger partial charge in [0, 0.05) is 17.8 Å². The van der Waals surface area contributed by atoms with Gasteiger partial charge in [-0.15, -0.1) is 0 Å². The second-order valence-corrected chi connectivity index (χ2v) is 7.77. The fourth-order valence-electron chi connectivity index (χ4n) is 5.19. The smallest absolute Gasteiger partial charge is 0.269 e. The molecule has 4 aliphatic carbocycles. The van der Waals surface area contributed by atoms with Gasteiger partial charge in [-0.2, -0.15) is 0 Å². The zero-order chi connectivity index (χ0) is 18.9. The molecule has 1 saturated heterocycles. The van der Waals surface area contributed by atoms with E-state index in [0.717, 1.165) is 11.3 Å². The lowest BCUT2D eigenvalue weighted by molar-refractivity contribution is -0.384. The van der Waals surface area contributed by atoms with Gasteiger partial charge in [-0.3, -0.25) is 29.4 Å². The average molecular weight is 367 g/mol. The number of imide groups is 1. The van der Waals surface area contributed by atoms with Crippen molar-refractivity contribution < 1.29 is 19.3 Å². The zero-order valence-corrected chi connectivity index (χ0v) is 14.3. The fraction of sp³-hybridized carbons (Fsp3) is 0.421. The van der Waals surface area contributed by atoms with Gasteiger partial charge in [0.05, 0.1) is 16.8 Å². The number of hydrogen-bond acceptors (Lipinski definition) is 5. The Balaban J connectivity index is 1.29. The summed E-state index contributed by atoms with van der Waals surface area (Å²) in [6.07, 6.45) is 5.27. The first-order chi connectivity index (χ1) is 13.0. The highest BCUT2D eigenvalue weighted by atomic mass is 16.6. The van der Waals surface area contributed by atoms with Crippen LogP contribution in [0.2, 0.25) is 0 Å². The van der Waals surface area contributed by atoms with E-state index in [1.165, 1.54) is 24.3 Å². The van der Waals surface area contributed by atoms with E-state index in [0.29, 0.717) is 17.5 Å². The van der Waals surface area contributed by atoms with E-state index in [9.17, 15) is 24.5 Å². The van der Waals surface area contributed by atoms with Crippen molar-refractivity contribution in [1.82, 2.24) is 4.90 Å². The molecule has 3 fully saturated rings. The lowest BCUT2D eigenvalue weighted by Gasteiger charge is -2.37. The van der Waals surface area contributed by atoms with Crippen LogP contribution < -0.4 is 5.32 Å². The number of nitrogens with one attached hydrogen (secondary N) is 1. The van der Waals surface area contributed by atoms with Crippen LogP contribution in [-0.4, -0.2) is 34.1 Å². The van der Waals surface area contributed by atoms with Gasteiger partial charge in [-0.1, -0.05) is 12.2 Å². The van der Waals surface area contributed by atoms with Crippen molar-refractivity contribution in [2.45, 2.75) is 6.42 Å². The molecule has 1 aromatic carbocycles. The van der Waals surface area contributed by atoms with Crippen molar-refractivity contribution in [3.63, 3.8) is 0 Å². The summed E-state index contributed by atoms with van der Waals surface area (Å²) < 4.78 is 0. The number of hydrogen-bond donors (Lipinski definition) is 1. The number of nitrogens with zero attached hydrogens (tertiary/aromatic N) is 2. The van der Waals surface area contributed by atoms with Gasteiger partial charge in [0.15, 0.2) is 0 Å². The summed E-state index contributed by atoms with van der Waals surface area (Å²) in [5, 5.41) is 13.3. The summed E-state index contributed by atoms with van der Waals surface area (Å²) in [5.74, 6) is -0.309. The molecule has 1 aromatic rings. The number of anilines is 1. The highest BCUT2D eigenvalue weighted by Crippen LogP contribution is 2.65. The molecule has 1 aliphatic heterocycles. The molecule has 2 bridgehead atoms. The van der Waals surface area contributed by atoms with Crippen molar-refractivity contribution in [1.29, 1.82) is 0 Å². The summed E-state index contributed by atoms with van der Waals surface area (Å²) in [4.78, 5) is 49.2. The van der Waals surface area contributed by atoms with Crippen LogP contribution in [0.25, 0.3) is 0 Å². The van der Waals surface area contributed by atoms with E-state index < -0.39 is 10.8 Å². The molecule has 2 saturated carbocycles. The molecule has 0 unspecified atom stereocenters. The van der Waals surface area contributed by atoms with E-state index in [1.807, 2.05) is 0 Å². The van der Waals surface area contributed by atoms with Crippen LogP contribution in [0.4, 0.5) is 11.4 Å². The second kappa shape index (κ2) is 5.48. The molecule has 0 spiro atoms. The van der Waals surface area contributed by atoms with E-state index in [4.69, 9.17) is 0 Å². The number of carbonyl (C=O) groups is 3. The summed E-state index contributed by atoms with van der Waals surface area (Å²) in [7, 11) is 0. The lowest BCUT2D eigenvalue weighted by Crippen LogP contribution is -2.40. The van der Waals surface area contributed by atoms with E-state index >= 15 is 0 Å². The number of nitro groups is 1. The maximum absolute atomic E-state index is 12.8. The number of amides is 3. The minimum absolute atomic E-state index is 0.0801. The minimum atomic E-state index is -0.526. The van der Waals surface area contributed by atoms with Gasteiger partial charge in [0.2, 0.25) is 17.7 Å². The first-order valence-electron chi connectivity index (χ1n) is 9.03. The van der Waals surface area contributed by atoms with Gasteiger partial charge in [-0.25, -0.2) is 0 Å². The van der Waals surface area contributed by atoms with Crippen LogP contribution in [0, 0.1) is 45.6 Å². The number of likely N-dealkylation sites (tertiary alicyclic amines) is 1. The summed E-state index contributed by atoms with van der Waals surface area (Å²) >= 11 is 0. The van der Waals surface area contributed by atoms with Gasteiger partial charge in [0.25, 0.3) is 5.69 Å². The summed E-state index contributed by atoms with van der Waals surface area (Å²) in [6.45, 7) is -0.323. The number of rotatable bonds is 4. The normalized spacial score (nSPS) is 35.0. The Kier molecular flexibility index (Phi) is 3.28. The van der Waals surface area contributed by atoms with Crippen LogP contribution in [-0.2, 0) is 14.4 Å². The Morgan fingerprint density at radius 3 is 2.15 bits per heavy atom. The van der Waals surface area contributed by atoms with Crippen LogP contribution >= 0.6 is 0 Å². The van der Waals surface area contributed by atoms with Crippen molar-refractivity contribution in [3.8, 4) is 0 Å². The zero-order valence-electron chi connectivity index (χ0n) is 14.3. The lowest BCUT2D eigenvalue weighted by atomic mass is 9.63. The van der Waals surface area contributed by atoms with Crippen LogP contribution in [0.15, 0.2) is 36.4 Å². The number of carbonyl (C=O) groups excluding carboxylic acids is 3. The molecule has 0 radical (unpaired) electrons. The van der Waals surface area contributed by atoms with E-state index in [-0.39, 0.29) is 47.7 Å². The minimum Gasteiger partial charge on any atom is -0.325 e. The second-order valence-electron chi connectivity index (χ2n) is 7.77. The molecule has 27 heavy (non-hydrogen) atoms. The van der Waals surface area contributed by atoms with Crippen LogP contribution in [0.1, 0.15) is 6.42 Å². The quantitative estimate of drug-likeness (QED) is 0.376. The first kappa shape index (κ1) is 16.2. The molecule has 8 nitrogen and oxygen atoms in total. The molecule has 138 valence electrons. The molecular formula is C19H17N3O5. The maximum atomic E-state index is 12.8. The molecule has 6 rings (SSSR count). The van der Waals surface area contributed by atoms with E-state index in [2.05, 4.69) is 17.5 Å². The Labute approximate surface area is 154 Å². The number of non-ortho nitro benzene ring substituents is 1. The molecule has 5 aliphatic rings. The monoisotopic (exact) mass is 367 g/mol. The van der Waals surface area contributed by atoms with Crippen LogP contribution in [0.5, 0.6) is 0 Å². The van der Waals surface area contributed by atoms with Gasteiger partial charge in [-0.05, 0) is 42.2 Å². The fourth-order valence-corrected chi connectivity index (χ4v) is 5.19. The highest BCUT2D eigenvalue weighted by Gasteiger charge is 2.67. The molecular weight excluding hydrogens is 350 g/mol. The van der Waals surface area contributed by atoms with Crippen LogP contribution in [0.3, 0.4) is 0 Å². The predicted molar refractivity (Wildman–Crippen MR) is 93.1 cm³/mol. The molecule has 1 heterocycles. The number of nitro benzene ring substituents is 1. The third-order valence-corrected chi connectivity index (χ3v) is 6.42. The molecule has 1 N–H and O–H groups in total. The largest absolute Gasteiger partial charge is 0.325 e. The predicted octanol–water partition coefficient (Wildman–Crippen LogP) is 1.59. The Bertz CT molecular complexity index is 872. The highest BCUT2D eigenvalue weighted by molar-refractivity contribution is 6.09. The van der Waals surface area contributed by atoms with Crippen molar-refractivity contribution in [2.24, 2.45) is 35.5 Å². The van der Waals surface area contributed by atoms with Gasteiger partial charge in [0.1, 0.15) is 6.54 Å². The summed E-state index contributed by atoms with van der Waals surface area (Å²) in [5.41, 5.74) is 0.300. The molecule has 3 amide bonds. The number of allylic oxidation sites excluding steroid dienone is 2. The third kappa shape index (κ3) is 2.32.